The highest BCUT2D eigenvalue weighted by Crippen LogP contribution is 2.25. The van der Waals surface area contributed by atoms with Crippen LogP contribution >= 0.6 is 11.3 Å². The van der Waals surface area contributed by atoms with E-state index in [4.69, 9.17) is 0 Å². The van der Waals surface area contributed by atoms with Gasteiger partial charge in [-0.05, 0) is 24.3 Å². The van der Waals surface area contributed by atoms with E-state index in [-0.39, 0.29) is 6.42 Å². The van der Waals surface area contributed by atoms with E-state index in [1.807, 2.05) is 24.3 Å². The predicted octanol–water partition coefficient (Wildman–Crippen LogP) is 2.38. The van der Waals surface area contributed by atoms with Crippen LogP contribution in [0.4, 0.5) is 10.8 Å². The van der Waals surface area contributed by atoms with Crippen LogP contribution in [0.1, 0.15) is 16.8 Å². The number of thiazole rings is 1. The molecule has 1 aliphatic heterocycles. The van der Waals surface area contributed by atoms with Crippen LogP contribution in [-0.2, 0) is 9.59 Å². The van der Waals surface area contributed by atoms with E-state index in [1.165, 1.54) is 11.3 Å². The number of hydrogen-bond donors (Lipinski definition) is 3. The summed E-state index contributed by atoms with van der Waals surface area (Å²) < 4.78 is 0.957. The lowest BCUT2D eigenvalue weighted by atomic mass is 10.1. The summed E-state index contributed by atoms with van der Waals surface area (Å²) in [7, 11) is 0. The number of nitrogens with zero attached hydrogens (tertiary/aromatic N) is 1. The average Bonchev–Trinajstić information content (AvgIpc) is 2.98. The zero-order chi connectivity index (χ0) is 18.1. The first kappa shape index (κ1) is 16.2. The van der Waals surface area contributed by atoms with E-state index in [9.17, 15) is 14.4 Å². The maximum Gasteiger partial charge on any atom is 0.254 e. The molecule has 1 aliphatic rings. The lowest BCUT2D eigenvalue weighted by molar-refractivity contribution is -0.122. The van der Waals surface area contributed by atoms with Gasteiger partial charge in [-0.2, -0.15) is 0 Å². The van der Waals surface area contributed by atoms with E-state index in [0.717, 1.165) is 10.2 Å². The smallest absolute Gasteiger partial charge is 0.254 e. The van der Waals surface area contributed by atoms with Crippen molar-refractivity contribution in [3.8, 4) is 0 Å². The molecule has 0 spiro atoms. The molecule has 1 unspecified atom stereocenters. The summed E-state index contributed by atoms with van der Waals surface area (Å²) in [6.45, 7) is 0. The van der Waals surface area contributed by atoms with E-state index < -0.39 is 23.8 Å². The van der Waals surface area contributed by atoms with Crippen molar-refractivity contribution in [2.75, 3.05) is 10.6 Å². The quantitative estimate of drug-likeness (QED) is 0.662. The van der Waals surface area contributed by atoms with Crippen molar-refractivity contribution < 1.29 is 14.4 Å². The monoisotopic (exact) mass is 366 g/mol. The summed E-state index contributed by atoms with van der Waals surface area (Å²) in [5, 5.41) is 8.43. The maximum absolute atomic E-state index is 12.3. The molecule has 3 aromatic rings. The Morgan fingerprint density at radius 1 is 1.12 bits per heavy atom. The maximum atomic E-state index is 12.3. The second-order valence-corrected chi connectivity index (χ2v) is 6.83. The average molecular weight is 366 g/mol. The highest BCUT2D eigenvalue weighted by atomic mass is 32.1. The Morgan fingerprint density at radius 2 is 1.88 bits per heavy atom. The number of carbonyl (C=O) groups excluding carboxylic acids is 3. The lowest BCUT2D eigenvalue weighted by Gasteiger charge is -2.13. The zero-order valence-electron chi connectivity index (χ0n) is 13.5. The van der Waals surface area contributed by atoms with Gasteiger partial charge in [0.15, 0.2) is 5.13 Å². The molecular formula is C18H14N4O3S. The first-order valence-corrected chi connectivity index (χ1v) is 8.78. The van der Waals surface area contributed by atoms with Crippen LogP contribution in [0.5, 0.6) is 0 Å². The van der Waals surface area contributed by atoms with Gasteiger partial charge in [-0.3, -0.25) is 14.4 Å². The minimum absolute atomic E-state index is 0.179. The van der Waals surface area contributed by atoms with Crippen LogP contribution in [0.25, 0.3) is 10.2 Å². The minimum atomic E-state index is -0.954. The summed E-state index contributed by atoms with van der Waals surface area (Å²) in [5.41, 5.74) is 1.60. The zero-order valence-corrected chi connectivity index (χ0v) is 14.3. The lowest BCUT2D eigenvalue weighted by Crippen LogP contribution is -2.43. The van der Waals surface area contributed by atoms with Crippen LogP contribution < -0.4 is 16.0 Å². The molecule has 1 aromatic heterocycles. The van der Waals surface area contributed by atoms with Gasteiger partial charge in [0.25, 0.3) is 5.91 Å². The van der Waals surface area contributed by atoms with Crippen molar-refractivity contribution in [3.63, 3.8) is 0 Å². The molecule has 3 amide bonds. The molecule has 2 heterocycles. The Bertz CT molecular complexity index is 997. The number of amides is 3. The number of hydrogen-bond acceptors (Lipinski definition) is 5. The van der Waals surface area contributed by atoms with Gasteiger partial charge in [0.05, 0.1) is 27.9 Å². The van der Waals surface area contributed by atoms with Crippen molar-refractivity contribution >= 4 is 50.1 Å². The van der Waals surface area contributed by atoms with Crippen molar-refractivity contribution in [2.45, 2.75) is 12.5 Å². The molecule has 4 rings (SSSR count). The SMILES string of the molecule is O=C(CC1NC(=O)c2ccccc2NC1=O)Nc1nc2ccccc2s1. The molecule has 0 fully saturated rings. The number of aromatic nitrogens is 1. The van der Waals surface area contributed by atoms with Crippen LogP contribution in [-0.4, -0.2) is 28.7 Å². The third kappa shape index (κ3) is 3.14. The molecule has 7 nitrogen and oxygen atoms in total. The van der Waals surface area contributed by atoms with Crippen LogP contribution in [0.3, 0.4) is 0 Å². The van der Waals surface area contributed by atoms with Crippen molar-refractivity contribution in [3.05, 3.63) is 54.1 Å². The Labute approximate surface area is 152 Å². The number of fused-ring (bicyclic) bond motifs is 2. The van der Waals surface area contributed by atoms with E-state index >= 15 is 0 Å². The molecule has 3 N–H and O–H groups in total. The second kappa shape index (κ2) is 6.57. The molecule has 130 valence electrons. The Balaban J connectivity index is 1.47. The van der Waals surface area contributed by atoms with Gasteiger partial charge in [-0.25, -0.2) is 4.98 Å². The van der Waals surface area contributed by atoms with Gasteiger partial charge in [-0.1, -0.05) is 35.6 Å². The summed E-state index contributed by atoms with van der Waals surface area (Å²) >= 11 is 1.35. The van der Waals surface area contributed by atoms with Crippen molar-refractivity contribution in [1.29, 1.82) is 0 Å². The topological polar surface area (TPSA) is 100 Å². The highest BCUT2D eigenvalue weighted by Gasteiger charge is 2.29. The van der Waals surface area contributed by atoms with Crippen LogP contribution in [0.15, 0.2) is 48.5 Å². The van der Waals surface area contributed by atoms with E-state index in [2.05, 4.69) is 20.9 Å². The van der Waals surface area contributed by atoms with E-state index in [1.54, 1.807) is 24.3 Å². The number of carbonyl (C=O) groups is 3. The first-order valence-electron chi connectivity index (χ1n) is 7.96. The predicted molar refractivity (Wildman–Crippen MR) is 99.2 cm³/mol. The van der Waals surface area contributed by atoms with Crippen molar-refractivity contribution in [1.82, 2.24) is 10.3 Å². The molecule has 0 bridgehead atoms. The van der Waals surface area contributed by atoms with Gasteiger partial charge in [0.2, 0.25) is 11.8 Å². The Kier molecular flexibility index (Phi) is 4.10. The summed E-state index contributed by atoms with van der Waals surface area (Å²) in [5.74, 6) is -1.21. The number of nitrogens with one attached hydrogen (secondary N) is 3. The van der Waals surface area contributed by atoms with E-state index in [0.29, 0.717) is 16.4 Å². The number of para-hydroxylation sites is 2. The normalized spacial score (nSPS) is 16.4. The second-order valence-electron chi connectivity index (χ2n) is 5.80. The molecule has 0 saturated heterocycles. The fraction of sp³-hybridized carbons (Fsp3) is 0.111. The molecule has 0 radical (unpaired) electrons. The van der Waals surface area contributed by atoms with Gasteiger partial charge in [0, 0.05) is 0 Å². The molecule has 2 aromatic carbocycles. The number of benzene rings is 2. The van der Waals surface area contributed by atoms with Crippen molar-refractivity contribution in [2.24, 2.45) is 0 Å². The molecule has 0 aliphatic carbocycles. The molecule has 1 atom stereocenters. The van der Waals surface area contributed by atoms with Gasteiger partial charge < -0.3 is 16.0 Å². The first-order chi connectivity index (χ1) is 12.6. The van der Waals surface area contributed by atoms with Gasteiger partial charge in [-0.15, -0.1) is 0 Å². The Hall–Kier alpha value is -3.26. The summed E-state index contributed by atoms with van der Waals surface area (Å²) in [6, 6.07) is 13.3. The number of rotatable bonds is 3. The van der Waals surface area contributed by atoms with Crippen LogP contribution in [0.2, 0.25) is 0 Å². The molecule has 8 heteroatoms. The standard InChI is InChI=1S/C18H14N4O3S/c23-15(22-18-21-12-7-3-4-8-14(12)26-18)9-13-17(25)19-11-6-2-1-5-10(11)16(24)20-13/h1-8,13H,9H2,(H,19,25)(H,20,24)(H,21,22,23). The number of anilines is 2. The molecule has 0 saturated carbocycles. The highest BCUT2D eigenvalue weighted by molar-refractivity contribution is 7.22. The summed E-state index contributed by atoms with van der Waals surface area (Å²) in [4.78, 5) is 41.3. The fourth-order valence-corrected chi connectivity index (χ4v) is 3.62. The third-order valence-electron chi connectivity index (χ3n) is 3.98. The third-order valence-corrected chi connectivity index (χ3v) is 4.93. The van der Waals surface area contributed by atoms with Gasteiger partial charge in [0.1, 0.15) is 6.04 Å². The summed E-state index contributed by atoms with van der Waals surface area (Å²) in [6.07, 6.45) is -0.179. The largest absolute Gasteiger partial charge is 0.340 e. The molecule has 26 heavy (non-hydrogen) atoms. The van der Waals surface area contributed by atoms with Crippen LogP contribution in [0, 0.1) is 0 Å². The van der Waals surface area contributed by atoms with Gasteiger partial charge >= 0.3 is 0 Å². The fourth-order valence-electron chi connectivity index (χ4n) is 2.74. The minimum Gasteiger partial charge on any atom is -0.340 e. The Morgan fingerprint density at radius 3 is 2.73 bits per heavy atom. The molecular weight excluding hydrogens is 352 g/mol.